The maximum Gasteiger partial charge on any atom is 0.319 e. The minimum atomic E-state index is -0.164. The van der Waals surface area contributed by atoms with Crippen molar-refractivity contribution in [1.29, 1.82) is 0 Å². The third-order valence-corrected chi connectivity index (χ3v) is 4.06. The largest absolute Gasteiger partial charge is 0.399 e. The summed E-state index contributed by atoms with van der Waals surface area (Å²) in [7, 11) is 0. The SMILES string of the molecule is Nc1cccc(NC(=O)NCC2CCCS2)c1. The first-order valence-corrected chi connectivity index (χ1v) is 6.81. The van der Waals surface area contributed by atoms with Crippen LogP contribution in [0.15, 0.2) is 24.3 Å². The average Bonchev–Trinajstić information content (AvgIpc) is 2.79. The van der Waals surface area contributed by atoms with Gasteiger partial charge in [-0.05, 0) is 36.8 Å². The second-order valence-corrected chi connectivity index (χ2v) is 5.50. The van der Waals surface area contributed by atoms with E-state index in [1.54, 1.807) is 12.1 Å². The number of nitrogens with two attached hydrogens (primary N) is 1. The van der Waals surface area contributed by atoms with E-state index in [0.29, 0.717) is 10.9 Å². The summed E-state index contributed by atoms with van der Waals surface area (Å²) < 4.78 is 0. The summed E-state index contributed by atoms with van der Waals surface area (Å²) in [5, 5.41) is 6.22. The molecule has 0 radical (unpaired) electrons. The van der Waals surface area contributed by atoms with Gasteiger partial charge in [-0.1, -0.05) is 6.07 Å². The van der Waals surface area contributed by atoms with E-state index < -0.39 is 0 Å². The Hall–Kier alpha value is -1.36. The van der Waals surface area contributed by atoms with Crippen LogP contribution in [-0.2, 0) is 0 Å². The van der Waals surface area contributed by atoms with Gasteiger partial charge in [0.25, 0.3) is 0 Å². The Bertz CT molecular complexity index is 391. The van der Waals surface area contributed by atoms with Gasteiger partial charge in [0.2, 0.25) is 0 Å². The third-order valence-electron chi connectivity index (χ3n) is 2.66. The molecule has 1 atom stereocenters. The molecule has 0 saturated carbocycles. The number of amides is 2. The van der Waals surface area contributed by atoms with Gasteiger partial charge < -0.3 is 16.4 Å². The van der Waals surface area contributed by atoms with Crippen molar-refractivity contribution in [3.63, 3.8) is 0 Å². The summed E-state index contributed by atoms with van der Waals surface area (Å²) in [6.45, 7) is 0.735. The smallest absolute Gasteiger partial charge is 0.319 e. The molecule has 0 aliphatic carbocycles. The summed E-state index contributed by atoms with van der Waals surface area (Å²) >= 11 is 1.93. The van der Waals surface area contributed by atoms with E-state index in [1.807, 2.05) is 23.9 Å². The lowest BCUT2D eigenvalue weighted by Crippen LogP contribution is -2.33. The third kappa shape index (κ3) is 3.85. The topological polar surface area (TPSA) is 67.1 Å². The number of urea groups is 1. The van der Waals surface area contributed by atoms with E-state index in [9.17, 15) is 4.79 Å². The second-order valence-electron chi connectivity index (χ2n) is 4.10. The first-order chi connectivity index (χ1) is 8.24. The molecule has 0 bridgehead atoms. The van der Waals surface area contributed by atoms with E-state index in [2.05, 4.69) is 10.6 Å². The number of hydrogen-bond donors (Lipinski definition) is 3. The van der Waals surface area contributed by atoms with Crippen LogP contribution >= 0.6 is 11.8 Å². The number of rotatable bonds is 3. The van der Waals surface area contributed by atoms with Gasteiger partial charge in [-0.2, -0.15) is 11.8 Å². The minimum Gasteiger partial charge on any atom is -0.399 e. The van der Waals surface area contributed by atoms with Crippen molar-refractivity contribution in [2.45, 2.75) is 18.1 Å². The van der Waals surface area contributed by atoms with Gasteiger partial charge in [0.05, 0.1) is 0 Å². The standard InChI is InChI=1S/C12H17N3OS/c13-9-3-1-4-10(7-9)15-12(16)14-8-11-5-2-6-17-11/h1,3-4,7,11H,2,5-6,8,13H2,(H2,14,15,16). The highest BCUT2D eigenvalue weighted by molar-refractivity contribution is 8.00. The Labute approximate surface area is 105 Å². The number of carbonyl (C=O) groups is 1. The van der Waals surface area contributed by atoms with Gasteiger partial charge in [-0.3, -0.25) is 0 Å². The van der Waals surface area contributed by atoms with Crippen LogP contribution < -0.4 is 16.4 Å². The molecule has 5 heteroatoms. The van der Waals surface area contributed by atoms with Crippen molar-refractivity contribution >= 4 is 29.2 Å². The van der Waals surface area contributed by atoms with E-state index >= 15 is 0 Å². The molecule has 0 spiro atoms. The minimum absolute atomic E-state index is 0.164. The number of benzene rings is 1. The predicted molar refractivity (Wildman–Crippen MR) is 73.4 cm³/mol. The molecule has 4 nitrogen and oxygen atoms in total. The molecule has 1 aliphatic heterocycles. The molecule has 1 aliphatic rings. The van der Waals surface area contributed by atoms with E-state index in [0.717, 1.165) is 12.2 Å². The average molecular weight is 251 g/mol. The summed E-state index contributed by atoms with van der Waals surface area (Å²) in [4.78, 5) is 11.6. The van der Waals surface area contributed by atoms with E-state index in [-0.39, 0.29) is 6.03 Å². The van der Waals surface area contributed by atoms with Crippen molar-refractivity contribution in [1.82, 2.24) is 5.32 Å². The fourth-order valence-electron chi connectivity index (χ4n) is 1.80. The Kier molecular flexibility index (Phi) is 4.14. The highest BCUT2D eigenvalue weighted by Gasteiger charge is 2.15. The van der Waals surface area contributed by atoms with Gasteiger partial charge in [0, 0.05) is 23.2 Å². The van der Waals surface area contributed by atoms with Gasteiger partial charge in [0.1, 0.15) is 0 Å². The molecule has 1 heterocycles. The molecule has 1 unspecified atom stereocenters. The van der Waals surface area contributed by atoms with Crippen LogP contribution in [0.3, 0.4) is 0 Å². The monoisotopic (exact) mass is 251 g/mol. The number of hydrogen-bond acceptors (Lipinski definition) is 3. The van der Waals surface area contributed by atoms with Crippen LogP contribution in [0.5, 0.6) is 0 Å². The van der Waals surface area contributed by atoms with Gasteiger partial charge in [0.15, 0.2) is 0 Å². The van der Waals surface area contributed by atoms with Crippen LogP contribution in [0, 0.1) is 0 Å². The number of carbonyl (C=O) groups excluding carboxylic acids is 1. The Morgan fingerprint density at radius 2 is 2.41 bits per heavy atom. The highest BCUT2D eigenvalue weighted by Crippen LogP contribution is 2.25. The fourth-order valence-corrected chi connectivity index (χ4v) is 3.00. The summed E-state index contributed by atoms with van der Waals surface area (Å²) in [6, 6.07) is 7.00. The molecule has 92 valence electrons. The van der Waals surface area contributed by atoms with Crippen LogP contribution in [0.4, 0.5) is 16.2 Å². The van der Waals surface area contributed by atoms with Gasteiger partial charge in [-0.25, -0.2) is 4.79 Å². The Balaban J connectivity index is 1.76. The van der Waals surface area contributed by atoms with Crippen molar-refractivity contribution in [3.8, 4) is 0 Å². The van der Waals surface area contributed by atoms with Crippen molar-refractivity contribution < 1.29 is 4.79 Å². The summed E-state index contributed by atoms with van der Waals surface area (Å²) in [5.74, 6) is 1.21. The zero-order chi connectivity index (χ0) is 12.1. The molecular formula is C12H17N3OS. The van der Waals surface area contributed by atoms with Gasteiger partial charge >= 0.3 is 6.03 Å². The first kappa shape index (κ1) is 12.1. The van der Waals surface area contributed by atoms with Crippen molar-refractivity contribution in [2.75, 3.05) is 23.3 Å². The van der Waals surface area contributed by atoms with E-state index in [1.165, 1.54) is 18.6 Å². The normalized spacial score (nSPS) is 18.9. The first-order valence-electron chi connectivity index (χ1n) is 5.76. The molecule has 4 N–H and O–H groups in total. The molecule has 1 saturated heterocycles. The zero-order valence-electron chi connectivity index (χ0n) is 9.61. The summed E-state index contributed by atoms with van der Waals surface area (Å²) in [6.07, 6.45) is 2.46. The molecule has 1 fully saturated rings. The van der Waals surface area contributed by atoms with Crippen LogP contribution in [-0.4, -0.2) is 23.6 Å². The van der Waals surface area contributed by atoms with E-state index in [4.69, 9.17) is 5.73 Å². The molecule has 2 rings (SSSR count). The molecule has 17 heavy (non-hydrogen) atoms. The maximum absolute atomic E-state index is 11.6. The van der Waals surface area contributed by atoms with Crippen molar-refractivity contribution in [2.24, 2.45) is 0 Å². The molecule has 0 aromatic heterocycles. The number of nitrogens with one attached hydrogen (secondary N) is 2. The lowest BCUT2D eigenvalue weighted by molar-refractivity contribution is 0.252. The number of anilines is 2. The number of nitrogen functional groups attached to an aromatic ring is 1. The molecule has 2 amide bonds. The maximum atomic E-state index is 11.6. The van der Waals surface area contributed by atoms with Crippen LogP contribution in [0.2, 0.25) is 0 Å². The zero-order valence-corrected chi connectivity index (χ0v) is 10.4. The second kappa shape index (κ2) is 5.82. The predicted octanol–water partition coefficient (Wildman–Crippen LogP) is 2.29. The molecule has 1 aromatic rings. The molecule has 1 aromatic carbocycles. The highest BCUT2D eigenvalue weighted by atomic mass is 32.2. The van der Waals surface area contributed by atoms with Gasteiger partial charge in [-0.15, -0.1) is 0 Å². The van der Waals surface area contributed by atoms with Crippen LogP contribution in [0.25, 0.3) is 0 Å². The fraction of sp³-hybridized carbons (Fsp3) is 0.417. The lowest BCUT2D eigenvalue weighted by Gasteiger charge is -2.11. The Morgan fingerprint density at radius 1 is 1.53 bits per heavy atom. The lowest BCUT2D eigenvalue weighted by atomic mass is 10.2. The van der Waals surface area contributed by atoms with Crippen LogP contribution in [0.1, 0.15) is 12.8 Å². The summed E-state index contributed by atoms with van der Waals surface area (Å²) in [5.41, 5.74) is 7.00. The quantitative estimate of drug-likeness (QED) is 0.722. The van der Waals surface area contributed by atoms with Crippen molar-refractivity contribution in [3.05, 3.63) is 24.3 Å². The Morgan fingerprint density at radius 3 is 3.12 bits per heavy atom. The molecular weight excluding hydrogens is 234 g/mol. The number of thioether (sulfide) groups is 1.